The van der Waals surface area contributed by atoms with E-state index in [0.717, 1.165) is 0 Å². The summed E-state index contributed by atoms with van der Waals surface area (Å²) < 4.78 is 22.2. The standard InChI is InChI=1S/C8H15NO3S2/c1-2-9-8(10)5-13-7-3-4-14(11,12)6-7/h7H,2-6H2,1H3,(H,9,10). The highest BCUT2D eigenvalue weighted by Crippen LogP contribution is 2.23. The largest absolute Gasteiger partial charge is 0.356 e. The van der Waals surface area contributed by atoms with Gasteiger partial charge in [0.2, 0.25) is 5.91 Å². The molecule has 1 atom stereocenters. The average molecular weight is 237 g/mol. The molecule has 1 fully saturated rings. The molecule has 1 N–H and O–H groups in total. The highest BCUT2D eigenvalue weighted by molar-refractivity contribution is 8.02. The molecule has 0 aromatic rings. The van der Waals surface area contributed by atoms with Crippen LogP contribution in [0.1, 0.15) is 13.3 Å². The Kier molecular flexibility index (Phi) is 4.25. The summed E-state index contributed by atoms with van der Waals surface area (Å²) in [5.41, 5.74) is 0. The summed E-state index contributed by atoms with van der Waals surface area (Å²) in [5.74, 6) is 0.868. The van der Waals surface area contributed by atoms with Gasteiger partial charge in [0.1, 0.15) is 0 Å². The third-order valence-corrected chi connectivity index (χ3v) is 5.30. The average Bonchev–Trinajstić information content (AvgIpc) is 2.43. The third kappa shape index (κ3) is 3.88. The van der Waals surface area contributed by atoms with Crippen LogP contribution in [0.15, 0.2) is 0 Å². The van der Waals surface area contributed by atoms with E-state index in [1.807, 2.05) is 6.92 Å². The van der Waals surface area contributed by atoms with Crippen LogP contribution in [0.5, 0.6) is 0 Å². The second-order valence-electron chi connectivity index (χ2n) is 3.29. The summed E-state index contributed by atoms with van der Waals surface area (Å²) in [6.07, 6.45) is 0.687. The topological polar surface area (TPSA) is 63.2 Å². The molecule has 1 heterocycles. The Labute approximate surface area is 88.7 Å². The lowest BCUT2D eigenvalue weighted by Crippen LogP contribution is -2.25. The highest BCUT2D eigenvalue weighted by atomic mass is 32.2. The van der Waals surface area contributed by atoms with E-state index >= 15 is 0 Å². The molecule has 4 nitrogen and oxygen atoms in total. The van der Waals surface area contributed by atoms with Crippen LogP contribution in [0.2, 0.25) is 0 Å². The number of hydrogen-bond donors (Lipinski definition) is 1. The van der Waals surface area contributed by atoms with Crippen molar-refractivity contribution >= 4 is 27.5 Å². The van der Waals surface area contributed by atoms with E-state index < -0.39 is 9.84 Å². The van der Waals surface area contributed by atoms with Crippen LogP contribution in [-0.4, -0.2) is 43.4 Å². The molecule has 0 spiro atoms. The Morgan fingerprint density at radius 2 is 2.29 bits per heavy atom. The Morgan fingerprint density at radius 1 is 1.57 bits per heavy atom. The summed E-state index contributed by atoms with van der Waals surface area (Å²) in [4.78, 5) is 11.1. The molecule has 1 aliphatic rings. The lowest BCUT2D eigenvalue weighted by molar-refractivity contribution is -0.118. The van der Waals surface area contributed by atoms with Crippen molar-refractivity contribution < 1.29 is 13.2 Å². The minimum Gasteiger partial charge on any atom is -0.356 e. The SMILES string of the molecule is CCNC(=O)CSC1CCS(=O)(=O)C1. The van der Waals surface area contributed by atoms with E-state index in [1.165, 1.54) is 11.8 Å². The van der Waals surface area contributed by atoms with E-state index in [2.05, 4.69) is 5.32 Å². The van der Waals surface area contributed by atoms with Crippen molar-refractivity contribution in [2.45, 2.75) is 18.6 Å². The number of nitrogens with one attached hydrogen (secondary N) is 1. The molecule has 6 heteroatoms. The highest BCUT2D eigenvalue weighted by Gasteiger charge is 2.28. The number of rotatable bonds is 4. The first-order chi connectivity index (χ1) is 6.53. The number of thioether (sulfide) groups is 1. The molecule has 1 rings (SSSR count). The molecule has 1 amide bonds. The number of amides is 1. The fraction of sp³-hybridized carbons (Fsp3) is 0.875. The van der Waals surface area contributed by atoms with E-state index in [0.29, 0.717) is 18.7 Å². The van der Waals surface area contributed by atoms with Crippen molar-refractivity contribution in [1.29, 1.82) is 0 Å². The molecule has 0 aromatic heterocycles. The van der Waals surface area contributed by atoms with Gasteiger partial charge in [-0.25, -0.2) is 8.42 Å². The lowest BCUT2D eigenvalue weighted by Gasteiger charge is -2.06. The monoisotopic (exact) mass is 237 g/mol. The zero-order valence-corrected chi connectivity index (χ0v) is 9.79. The summed E-state index contributed by atoms with van der Waals surface area (Å²) in [6, 6.07) is 0. The van der Waals surface area contributed by atoms with Gasteiger partial charge in [0.25, 0.3) is 0 Å². The lowest BCUT2D eigenvalue weighted by atomic mass is 10.4. The van der Waals surface area contributed by atoms with Crippen LogP contribution in [0.25, 0.3) is 0 Å². The van der Waals surface area contributed by atoms with Crippen LogP contribution >= 0.6 is 11.8 Å². The maximum absolute atomic E-state index is 11.1. The van der Waals surface area contributed by atoms with Gasteiger partial charge in [-0.05, 0) is 13.3 Å². The maximum atomic E-state index is 11.1. The van der Waals surface area contributed by atoms with Gasteiger partial charge < -0.3 is 5.32 Å². The number of hydrogen-bond acceptors (Lipinski definition) is 4. The number of carbonyl (C=O) groups is 1. The predicted octanol–water partition coefficient (Wildman–Crippen LogP) is 0.0428. The van der Waals surface area contributed by atoms with E-state index in [-0.39, 0.29) is 22.7 Å². The molecule has 0 aliphatic carbocycles. The second-order valence-corrected chi connectivity index (χ2v) is 6.81. The molecular formula is C8H15NO3S2. The smallest absolute Gasteiger partial charge is 0.229 e. The summed E-state index contributed by atoms with van der Waals surface area (Å²) in [5, 5.41) is 2.79. The van der Waals surface area contributed by atoms with Gasteiger partial charge in [-0.2, -0.15) is 0 Å². The van der Waals surface area contributed by atoms with Crippen LogP contribution in [-0.2, 0) is 14.6 Å². The van der Waals surface area contributed by atoms with Gasteiger partial charge >= 0.3 is 0 Å². The van der Waals surface area contributed by atoms with Gasteiger partial charge in [-0.3, -0.25) is 4.79 Å². The van der Waals surface area contributed by atoms with Crippen molar-refractivity contribution in [3.05, 3.63) is 0 Å². The quantitative estimate of drug-likeness (QED) is 0.750. The van der Waals surface area contributed by atoms with Crippen LogP contribution in [0, 0.1) is 0 Å². The Bertz CT molecular complexity index is 300. The van der Waals surface area contributed by atoms with Crippen molar-refractivity contribution in [3.8, 4) is 0 Å². The molecule has 0 aromatic carbocycles. The molecule has 1 unspecified atom stereocenters. The Hall–Kier alpha value is -0.230. The predicted molar refractivity (Wildman–Crippen MR) is 58.2 cm³/mol. The van der Waals surface area contributed by atoms with E-state index in [1.54, 1.807) is 0 Å². The van der Waals surface area contributed by atoms with Gasteiger partial charge in [0, 0.05) is 11.8 Å². The van der Waals surface area contributed by atoms with Gasteiger partial charge in [-0.1, -0.05) is 0 Å². The van der Waals surface area contributed by atoms with Gasteiger partial charge in [-0.15, -0.1) is 11.8 Å². The Balaban J connectivity index is 2.24. The van der Waals surface area contributed by atoms with Crippen molar-refractivity contribution in [2.75, 3.05) is 23.8 Å². The van der Waals surface area contributed by atoms with Gasteiger partial charge in [0.15, 0.2) is 9.84 Å². The molecular weight excluding hydrogens is 222 g/mol. The minimum absolute atomic E-state index is 0.0122. The fourth-order valence-corrected chi connectivity index (χ4v) is 4.81. The Morgan fingerprint density at radius 3 is 2.79 bits per heavy atom. The van der Waals surface area contributed by atoms with Crippen LogP contribution < -0.4 is 5.32 Å². The minimum atomic E-state index is -2.81. The van der Waals surface area contributed by atoms with E-state index in [9.17, 15) is 13.2 Å². The summed E-state index contributed by atoms with van der Waals surface area (Å²) in [7, 11) is -2.81. The second kappa shape index (κ2) is 5.02. The zero-order valence-electron chi connectivity index (χ0n) is 8.15. The van der Waals surface area contributed by atoms with E-state index in [4.69, 9.17) is 0 Å². The fourth-order valence-electron chi connectivity index (χ4n) is 1.33. The maximum Gasteiger partial charge on any atom is 0.229 e. The van der Waals surface area contributed by atoms with Gasteiger partial charge in [0.05, 0.1) is 17.3 Å². The van der Waals surface area contributed by atoms with Crippen LogP contribution in [0.4, 0.5) is 0 Å². The van der Waals surface area contributed by atoms with Crippen molar-refractivity contribution in [2.24, 2.45) is 0 Å². The molecule has 0 radical (unpaired) electrons. The first-order valence-corrected chi connectivity index (χ1v) is 7.49. The van der Waals surface area contributed by atoms with Crippen LogP contribution in [0.3, 0.4) is 0 Å². The normalized spacial score (nSPS) is 24.8. The summed E-state index contributed by atoms with van der Waals surface area (Å²) in [6.45, 7) is 2.49. The van der Waals surface area contributed by atoms with Crippen molar-refractivity contribution in [3.63, 3.8) is 0 Å². The molecule has 14 heavy (non-hydrogen) atoms. The molecule has 82 valence electrons. The zero-order chi connectivity index (χ0) is 10.6. The van der Waals surface area contributed by atoms with Crippen molar-refractivity contribution in [1.82, 2.24) is 5.32 Å². The molecule has 1 saturated heterocycles. The molecule has 1 aliphatic heterocycles. The molecule has 0 saturated carbocycles. The molecule has 0 bridgehead atoms. The third-order valence-electron chi connectivity index (χ3n) is 2.01. The number of carbonyl (C=O) groups excluding carboxylic acids is 1. The summed E-state index contributed by atoms with van der Waals surface area (Å²) >= 11 is 1.44. The number of sulfone groups is 1. The first kappa shape index (κ1) is 11.8. The first-order valence-electron chi connectivity index (χ1n) is 4.62.